The van der Waals surface area contributed by atoms with Crippen LogP contribution in [0.4, 0.5) is 51.1 Å². The Morgan fingerprint density at radius 2 is 1.59 bits per heavy atom. The number of aromatic nitrogens is 2. The van der Waals surface area contributed by atoms with Gasteiger partial charge < -0.3 is 5.32 Å². The van der Waals surface area contributed by atoms with Gasteiger partial charge in [-0.05, 0) is 18.2 Å². The van der Waals surface area contributed by atoms with E-state index in [-0.39, 0.29) is 22.8 Å². The minimum atomic E-state index is -5.27. The van der Waals surface area contributed by atoms with E-state index in [1.165, 1.54) is 0 Å². The molecule has 29 heavy (non-hydrogen) atoms. The van der Waals surface area contributed by atoms with Gasteiger partial charge in [-0.3, -0.25) is 9.36 Å². The van der Waals surface area contributed by atoms with Crippen molar-refractivity contribution in [1.29, 1.82) is 0 Å². The number of hydrogen-bond donors (Lipinski definition) is 1. The van der Waals surface area contributed by atoms with E-state index in [9.17, 15) is 44.3 Å². The third-order valence-corrected chi connectivity index (χ3v) is 3.75. The first-order valence-electron chi connectivity index (χ1n) is 7.14. The van der Waals surface area contributed by atoms with Crippen LogP contribution in [0.5, 0.6) is 0 Å². The van der Waals surface area contributed by atoms with Crippen molar-refractivity contribution in [2.75, 3.05) is 5.32 Å². The van der Waals surface area contributed by atoms with Crippen LogP contribution in [-0.4, -0.2) is 9.55 Å². The highest BCUT2D eigenvalue weighted by atomic mass is 35.5. The Hall–Kier alpha value is -2.70. The summed E-state index contributed by atoms with van der Waals surface area (Å²) in [5, 5.41) is 0.294. The molecule has 14 heteroatoms. The smallest absolute Gasteiger partial charge is 0.325 e. The summed E-state index contributed by atoms with van der Waals surface area (Å²) in [6.07, 6.45) is -14.9. The van der Waals surface area contributed by atoms with Crippen LogP contribution < -0.4 is 10.9 Å². The number of rotatable bonds is 3. The lowest BCUT2D eigenvalue weighted by Crippen LogP contribution is -2.26. The quantitative estimate of drug-likeness (QED) is 0.600. The number of nitrogens with one attached hydrogen (secondary N) is 1. The van der Waals surface area contributed by atoms with Gasteiger partial charge in [-0.15, -0.1) is 0 Å². The van der Waals surface area contributed by atoms with Crippen LogP contribution in [0.3, 0.4) is 0 Å². The Morgan fingerprint density at radius 1 is 1.00 bits per heavy atom. The zero-order valence-corrected chi connectivity index (χ0v) is 14.4. The molecule has 0 unspecified atom stereocenters. The fourth-order valence-electron chi connectivity index (χ4n) is 2.15. The van der Waals surface area contributed by atoms with E-state index in [0.29, 0.717) is 6.20 Å². The average molecular weight is 452 g/mol. The highest BCUT2D eigenvalue weighted by molar-refractivity contribution is 6.31. The molecule has 0 fully saturated rings. The molecule has 0 saturated carbocycles. The molecule has 1 heterocycles. The molecule has 0 bridgehead atoms. The molecule has 158 valence electrons. The molecule has 1 aromatic carbocycles. The molecule has 0 aliphatic carbocycles. The largest absolute Gasteiger partial charge is 0.435 e. The third-order valence-electron chi connectivity index (χ3n) is 3.41. The van der Waals surface area contributed by atoms with E-state index >= 15 is 0 Å². The topological polar surface area (TPSA) is 46.9 Å². The zero-order chi connectivity index (χ0) is 22.4. The molecule has 2 aromatic rings. The van der Waals surface area contributed by atoms with Gasteiger partial charge in [0.05, 0.1) is 16.8 Å². The number of alkyl halides is 9. The standard InChI is InChI=1S/C15H7ClF9N3O/c1-2-28-11(29)9(16)10(15(23,24)25)27-12(28)26-8-5-6(13(17,18)19)3-4-7(8)14(20,21)22/h2-5H,1H2,(H,26,27). The maximum absolute atomic E-state index is 13.1. The van der Waals surface area contributed by atoms with Crippen LogP contribution >= 0.6 is 11.6 Å². The van der Waals surface area contributed by atoms with Crippen LogP contribution in [0.15, 0.2) is 29.6 Å². The molecule has 4 nitrogen and oxygen atoms in total. The molecular formula is C15H7ClF9N3O. The molecule has 1 N–H and O–H groups in total. The van der Waals surface area contributed by atoms with Crippen LogP contribution in [0.25, 0.3) is 6.20 Å². The van der Waals surface area contributed by atoms with E-state index in [2.05, 4.69) is 11.6 Å². The molecule has 0 radical (unpaired) electrons. The van der Waals surface area contributed by atoms with E-state index in [0.717, 1.165) is 0 Å². The minimum absolute atomic E-state index is 0.0181. The van der Waals surface area contributed by atoms with Gasteiger partial charge >= 0.3 is 18.5 Å². The van der Waals surface area contributed by atoms with E-state index in [1.807, 2.05) is 0 Å². The van der Waals surface area contributed by atoms with Gasteiger partial charge in [0.2, 0.25) is 5.95 Å². The van der Waals surface area contributed by atoms with E-state index in [4.69, 9.17) is 11.6 Å². The first-order valence-corrected chi connectivity index (χ1v) is 7.52. The number of halogens is 10. The predicted molar refractivity (Wildman–Crippen MR) is 84.6 cm³/mol. The van der Waals surface area contributed by atoms with Gasteiger partial charge in [-0.25, -0.2) is 4.98 Å². The van der Waals surface area contributed by atoms with Crippen LogP contribution in [0.1, 0.15) is 16.8 Å². The van der Waals surface area contributed by atoms with Crippen LogP contribution in [0, 0.1) is 0 Å². The Labute approximate surface area is 160 Å². The molecule has 2 rings (SSSR count). The maximum Gasteiger partial charge on any atom is 0.435 e. The summed E-state index contributed by atoms with van der Waals surface area (Å²) in [6.45, 7) is 3.10. The summed E-state index contributed by atoms with van der Waals surface area (Å²) in [6, 6.07) is 0.247. The summed E-state index contributed by atoms with van der Waals surface area (Å²) in [4.78, 5) is 14.9. The lowest BCUT2D eigenvalue weighted by Gasteiger charge is -2.19. The van der Waals surface area contributed by atoms with Crippen molar-refractivity contribution in [3.8, 4) is 0 Å². The van der Waals surface area contributed by atoms with Crippen molar-refractivity contribution in [3.05, 3.63) is 57.0 Å². The fraction of sp³-hybridized carbons (Fsp3) is 0.200. The van der Waals surface area contributed by atoms with Crippen molar-refractivity contribution in [1.82, 2.24) is 9.55 Å². The lowest BCUT2D eigenvalue weighted by atomic mass is 10.1. The van der Waals surface area contributed by atoms with Gasteiger partial charge in [0.25, 0.3) is 5.56 Å². The van der Waals surface area contributed by atoms with Crippen molar-refractivity contribution >= 4 is 29.4 Å². The highest BCUT2D eigenvalue weighted by Crippen LogP contribution is 2.40. The summed E-state index contributed by atoms with van der Waals surface area (Å²) in [5.41, 5.74) is -7.94. The SMILES string of the molecule is C=Cn1c(Nc2cc(C(F)(F)F)ccc2C(F)(F)F)nc(C(F)(F)F)c(Cl)c1=O. The summed E-state index contributed by atoms with van der Waals surface area (Å²) in [7, 11) is 0. The van der Waals surface area contributed by atoms with Crippen LogP contribution in [0.2, 0.25) is 5.02 Å². The monoisotopic (exact) mass is 451 g/mol. The Kier molecular flexibility index (Phi) is 5.67. The second-order valence-corrected chi connectivity index (χ2v) is 5.71. The number of hydrogen-bond acceptors (Lipinski definition) is 3. The zero-order valence-electron chi connectivity index (χ0n) is 13.6. The van der Waals surface area contributed by atoms with Crippen molar-refractivity contribution in [2.45, 2.75) is 18.5 Å². The molecule has 0 spiro atoms. The highest BCUT2D eigenvalue weighted by Gasteiger charge is 2.39. The first-order chi connectivity index (χ1) is 13.1. The number of benzene rings is 1. The van der Waals surface area contributed by atoms with Gasteiger partial charge in [0.15, 0.2) is 5.69 Å². The molecule has 0 atom stereocenters. The van der Waals surface area contributed by atoms with Gasteiger partial charge in [0.1, 0.15) is 5.02 Å². The second kappa shape index (κ2) is 7.28. The molecule has 0 aliphatic heterocycles. The van der Waals surface area contributed by atoms with Crippen LogP contribution in [-0.2, 0) is 18.5 Å². The Morgan fingerprint density at radius 3 is 2.03 bits per heavy atom. The summed E-state index contributed by atoms with van der Waals surface area (Å²) >= 11 is 5.31. The van der Waals surface area contributed by atoms with E-state index < -0.39 is 57.6 Å². The molecule has 0 saturated heterocycles. The summed E-state index contributed by atoms with van der Waals surface area (Å²) < 4.78 is 117. The lowest BCUT2D eigenvalue weighted by molar-refractivity contribution is -0.141. The molecule has 0 amide bonds. The summed E-state index contributed by atoms with van der Waals surface area (Å²) in [5.74, 6) is -1.17. The first kappa shape index (κ1) is 22.6. The Balaban J connectivity index is 2.77. The van der Waals surface area contributed by atoms with Gasteiger partial charge in [-0.1, -0.05) is 18.2 Å². The number of nitrogens with zero attached hydrogens (tertiary/aromatic N) is 2. The van der Waals surface area contributed by atoms with E-state index in [1.54, 1.807) is 5.32 Å². The number of anilines is 2. The maximum atomic E-state index is 13.1. The predicted octanol–water partition coefficient (Wildman–Crippen LogP) is 5.80. The van der Waals surface area contributed by atoms with Crippen molar-refractivity contribution in [3.63, 3.8) is 0 Å². The molecule has 1 aromatic heterocycles. The molecule has 0 aliphatic rings. The average Bonchev–Trinajstić information content (AvgIpc) is 2.55. The fourth-order valence-corrected chi connectivity index (χ4v) is 2.39. The van der Waals surface area contributed by atoms with Crippen molar-refractivity contribution < 1.29 is 39.5 Å². The minimum Gasteiger partial charge on any atom is -0.325 e. The second-order valence-electron chi connectivity index (χ2n) is 5.33. The Bertz CT molecular complexity index is 1010. The third kappa shape index (κ3) is 4.66. The van der Waals surface area contributed by atoms with Crippen molar-refractivity contribution in [2.24, 2.45) is 0 Å². The van der Waals surface area contributed by atoms with Gasteiger partial charge in [-0.2, -0.15) is 39.5 Å². The molecular weight excluding hydrogens is 445 g/mol. The van der Waals surface area contributed by atoms with Gasteiger partial charge in [0, 0.05) is 6.20 Å². The normalized spacial score (nSPS) is 12.8.